The lowest BCUT2D eigenvalue weighted by molar-refractivity contribution is -0.138. The quantitative estimate of drug-likeness (QED) is 0.433. The monoisotopic (exact) mass is 161 g/mol. The molecule has 5 heteroatoms. The van der Waals surface area contributed by atoms with Crippen LogP contribution in [0.5, 0.6) is 0 Å². The molecule has 0 atom stereocenters. The predicted molar refractivity (Wildman–Crippen MR) is 41.9 cm³/mol. The van der Waals surface area contributed by atoms with Gasteiger partial charge >= 0.3 is 5.97 Å². The molecular formula is C6H15N3O2. The molecule has 0 aliphatic carbocycles. The van der Waals surface area contributed by atoms with E-state index in [1.54, 1.807) is 4.90 Å². The summed E-state index contributed by atoms with van der Waals surface area (Å²) >= 11 is 0. The fourth-order valence-corrected chi connectivity index (χ4v) is 0.795. The average Bonchev–Trinajstić information content (AvgIpc) is 1.84. The summed E-state index contributed by atoms with van der Waals surface area (Å²) in [4.78, 5) is 11.9. The van der Waals surface area contributed by atoms with Gasteiger partial charge in [0, 0.05) is 6.54 Å². The highest BCUT2D eigenvalue weighted by molar-refractivity contribution is 5.69. The number of carboxylic acids is 1. The summed E-state index contributed by atoms with van der Waals surface area (Å²) in [6.45, 7) is 2.94. The van der Waals surface area contributed by atoms with Crippen molar-refractivity contribution in [2.45, 2.75) is 13.1 Å². The number of carboxylic acid groups (broad SMARTS) is 1. The maximum atomic E-state index is 10.2. The Hall–Kier alpha value is -0.650. The van der Waals surface area contributed by atoms with Gasteiger partial charge in [-0.25, -0.2) is 0 Å². The van der Waals surface area contributed by atoms with Gasteiger partial charge in [0.2, 0.25) is 0 Å². The first kappa shape index (κ1) is 10.3. The van der Waals surface area contributed by atoms with E-state index in [2.05, 4.69) is 0 Å². The van der Waals surface area contributed by atoms with E-state index < -0.39 is 12.1 Å². The molecule has 0 amide bonds. The van der Waals surface area contributed by atoms with Crippen LogP contribution in [0.15, 0.2) is 0 Å². The molecule has 0 aromatic carbocycles. The second-order valence-corrected chi connectivity index (χ2v) is 2.39. The van der Waals surface area contributed by atoms with Gasteiger partial charge in [-0.1, -0.05) is 6.92 Å². The highest BCUT2D eigenvalue weighted by Crippen LogP contribution is 1.86. The number of hydrogen-bond acceptors (Lipinski definition) is 4. The van der Waals surface area contributed by atoms with Crippen molar-refractivity contribution in [1.82, 2.24) is 4.90 Å². The third kappa shape index (κ3) is 5.78. The van der Waals surface area contributed by atoms with E-state index in [1.165, 1.54) is 0 Å². The predicted octanol–water partition coefficient (Wildman–Crippen LogP) is -1.36. The molecule has 0 spiro atoms. The zero-order chi connectivity index (χ0) is 8.85. The Morgan fingerprint density at radius 3 is 2.45 bits per heavy atom. The van der Waals surface area contributed by atoms with Crippen molar-refractivity contribution >= 4 is 5.97 Å². The zero-order valence-corrected chi connectivity index (χ0v) is 6.66. The van der Waals surface area contributed by atoms with Crippen LogP contribution in [-0.4, -0.2) is 41.8 Å². The minimum Gasteiger partial charge on any atom is -0.480 e. The van der Waals surface area contributed by atoms with Gasteiger partial charge in [0.25, 0.3) is 0 Å². The van der Waals surface area contributed by atoms with E-state index in [1.807, 2.05) is 6.92 Å². The molecule has 0 heterocycles. The largest absolute Gasteiger partial charge is 0.480 e. The van der Waals surface area contributed by atoms with Crippen LogP contribution < -0.4 is 11.5 Å². The number of hydrogen-bond donors (Lipinski definition) is 3. The van der Waals surface area contributed by atoms with Crippen LogP contribution in [0.1, 0.15) is 6.92 Å². The molecule has 0 unspecified atom stereocenters. The van der Waals surface area contributed by atoms with Crippen LogP contribution in [0.3, 0.4) is 0 Å². The highest BCUT2D eigenvalue weighted by atomic mass is 16.4. The lowest BCUT2D eigenvalue weighted by atomic mass is 10.4. The first-order valence-electron chi connectivity index (χ1n) is 3.51. The Morgan fingerprint density at radius 2 is 2.18 bits per heavy atom. The average molecular weight is 161 g/mol. The third-order valence-electron chi connectivity index (χ3n) is 1.28. The van der Waals surface area contributed by atoms with Gasteiger partial charge in [-0.3, -0.25) is 9.69 Å². The van der Waals surface area contributed by atoms with Gasteiger partial charge in [0.15, 0.2) is 0 Å². The SMILES string of the molecule is CCN(CC(=O)O)CC(N)N. The first-order valence-corrected chi connectivity index (χ1v) is 3.51. The van der Waals surface area contributed by atoms with E-state index in [-0.39, 0.29) is 6.54 Å². The number of nitrogens with two attached hydrogens (primary N) is 2. The minimum atomic E-state index is -0.854. The van der Waals surface area contributed by atoms with Crippen molar-refractivity contribution in [2.75, 3.05) is 19.6 Å². The van der Waals surface area contributed by atoms with Crippen molar-refractivity contribution in [3.63, 3.8) is 0 Å². The fraction of sp³-hybridized carbons (Fsp3) is 0.833. The standard InChI is InChI=1S/C6H15N3O2/c1-2-9(3-5(7)8)4-6(10)11/h5H,2-4,7-8H2,1H3,(H,10,11). The number of likely N-dealkylation sites (N-methyl/N-ethyl adjacent to an activating group) is 1. The highest BCUT2D eigenvalue weighted by Gasteiger charge is 2.08. The van der Waals surface area contributed by atoms with Crippen molar-refractivity contribution in [2.24, 2.45) is 11.5 Å². The van der Waals surface area contributed by atoms with Gasteiger partial charge in [0.05, 0.1) is 12.7 Å². The number of carbonyl (C=O) groups is 1. The lowest BCUT2D eigenvalue weighted by Gasteiger charge is -2.19. The Kier molecular flexibility index (Phi) is 4.76. The van der Waals surface area contributed by atoms with Crippen molar-refractivity contribution in [3.8, 4) is 0 Å². The van der Waals surface area contributed by atoms with Crippen molar-refractivity contribution in [3.05, 3.63) is 0 Å². The Balaban J connectivity index is 3.66. The molecular weight excluding hydrogens is 146 g/mol. The summed E-state index contributed by atoms with van der Waals surface area (Å²) in [6.07, 6.45) is -0.464. The Bertz CT molecular complexity index is 127. The molecule has 0 rings (SSSR count). The smallest absolute Gasteiger partial charge is 0.317 e. The van der Waals surface area contributed by atoms with Crippen molar-refractivity contribution < 1.29 is 9.90 Å². The summed E-state index contributed by atoms with van der Waals surface area (Å²) in [7, 11) is 0. The van der Waals surface area contributed by atoms with Gasteiger partial charge < -0.3 is 16.6 Å². The molecule has 0 saturated heterocycles. The number of rotatable bonds is 5. The fourth-order valence-electron chi connectivity index (χ4n) is 0.795. The Labute approximate surface area is 66.0 Å². The lowest BCUT2D eigenvalue weighted by Crippen LogP contribution is -2.44. The minimum absolute atomic E-state index is 0.00139. The molecule has 0 aromatic heterocycles. The molecule has 5 N–H and O–H groups in total. The van der Waals surface area contributed by atoms with Gasteiger partial charge in [-0.05, 0) is 6.54 Å². The molecule has 0 bridgehead atoms. The summed E-state index contributed by atoms with van der Waals surface area (Å²) in [6, 6.07) is 0. The number of nitrogens with zero attached hydrogens (tertiary/aromatic N) is 1. The Morgan fingerprint density at radius 1 is 1.64 bits per heavy atom. The van der Waals surface area contributed by atoms with Crippen LogP contribution in [0.25, 0.3) is 0 Å². The molecule has 0 aromatic rings. The van der Waals surface area contributed by atoms with E-state index >= 15 is 0 Å². The molecule has 0 saturated carbocycles. The van der Waals surface area contributed by atoms with Gasteiger partial charge in [-0.2, -0.15) is 0 Å². The molecule has 66 valence electrons. The summed E-state index contributed by atoms with van der Waals surface area (Å²) in [5.74, 6) is -0.854. The second-order valence-electron chi connectivity index (χ2n) is 2.39. The van der Waals surface area contributed by atoms with Crippen molar-refractivity contribution in [1.29, 1.82) is 0 Å². The summed E-state index contributed by atoms with van der Waals surface area (Å²) in [5.41, 5.74) is 10.6. The summed E-state index contributed by atoms with van der Waals surface area (Å²) < 4.78 is 0. The van der Waals surface area contributed by atoms with Crippen LogP contribution in [0, 0.1) is 0 Å². The van der Waals surface area contributed by atoms with E-state index in [4.69, 9.17) is 16.6 Å². The van der Waals surface area contributed by atoms with E-state index in [0.717, 1.165) is 0 Å². The van der Waals surface area contributed by atoms with Gasteiger partial charge in [0.1, 0.15) is 0 Å². The summed E-state index contributed by atoms with van der Waals surface area (Å²) in [5, 5.41) is 8.40. The zero-order valence-electron chi connectivity index (χ0n) is 6.66. The van der Waals surface area contributed by atoms with Crippen LogP contribution in [-0.2, 0) is 4.79 Å². The molecule has 0 aliphatic heterocycles. The topological polar surface area (TPSA) is 92.6 Å². The first-order chi connectivity index (χ1) is 5.06. The van der Waals surface area contributed by atoms with Crippen LogP contribution >= 0.6 is 0 Å². The number of aliphatic carboxylic acids is 1. The molecule has 0 fully saturated rings. The third-order valence-corrected chi connectivity index (χ3v) is 1.28. The van der Waals surface area contributed by atoms with Crippen LogP contribution in [0.4, 0.5) is 0 Å². The van der Waals surface area contributed by atoms with Gasteiger partial charge in [-0.15, -0.1) is 0 Å². The maximum Gasteiger partial charge on any atom is 0.317 e. The second kappa shape index (κ2) is 5.06. The molecule has 5 nitrogen and oxygen atoms in total. The maximum absolute atomic E-state index is 10.2. The van der Waals surface area contributed by atoms with E-state index in [0.29, 0.717) is 13.1 Å². The molecule has 0 radical (unpaired) electrons. The van der Waals surface area contributed by atoms with E-state index in [9.17, 15) is 4.79 Å². The normalized spacial score (nSPS) is 11.0. The van der Waals surface area contributed by atoms with Crippen LogP contribution in [0.2, 0.25) is 0 Å². The molecule has 11 heavy (non-hydrogen) atoms. The molecule has 0 aliphatic rings.